The molecule has 4 rings (SSSR count). The van der Waals surface area contributed by atoms with Gasteiger partial charge in [0, 0.05) is 26.2 Å². The highest BCUT2D eigenvalue weighted by atomic mass is 32.1. The van der Waals surface area contributed by atoms with E-state index >= 15 is 0 Å². The second kappa shape index (κ2) is 5.23. The lowest BCUT2D eigenvalue weighted by molar-refractivity contribution is -0.135. The fourth-order valence-electron chi connectivity index (χ4n) is 3.34. The predicted molar refractivity (Wildman–Crippen MR) is 90.6 cm³/mol. The number of rotatable bonds is 2. The maximum atomic E-state index is 12.4. The molecule has 1 aromatic carbocycles. The van der Waals surface area contributed by atoms with Crippen LogP contribution in [0.3, 0.4) is 0 Å². The zero-order valence-electron chi connectivity index (χ0n) is 13.1. The zero-order valence-corrected chi connectivity index (χ0v) is 13.9. The molecule has 2 saturated heterocycles. The summed E-state index contributed by atoms with van der Waals surface area (Å²) in [6, 6.07) is 4.32. The Hall–Kier alpha value is -1.62. The lowest BCUT2D eigenvalue weighted by Gasteiger charge is -2.39. The van der Waals surface area contributed by atoms with Gasteiger partial charge in [0.15, 0.2) is 5.13 Å². The summed E-state index contributed by atoms with van der Waals surface area (Å²) in [5.41, 5.74) is 3.68. The van der Waals surface area contributed by atoms with Crippen molar-refractivity contribution in [1.82, 2.24) is 9.88 Å². The molecule has 0 aliphatic carbocycles. The van der Waals surface area contributed by atoms with Gasteiger partial charge in [-0.3, -0.25) is 4.79 Å². The van der Waals surface area contributed by atoms with Crippen LogP contribution in [-0.2, 0) is 4.79 Å². The molecule has 0 N–H and O–H groups in total. The van der Waals surface area contributed by atoms with Gasteiger partial charge in [0.2, 0.25) is 5.91 Å². The van der Waals surface area contributed by atoms with Crippen molar-refractivity contribution < 1.29 is 4.79 Å². The van der Waals surface area contributed by atoms with E-state index in [0.717, 1.165) is 36.8 Å². The van der Waals surface area contributed by atoms with Crippen LogP contribution >= 0.6 is 11.3 Å². The fraction of sp³-hybridized carbons (Fsp3) is 0.529. The van der Waals surface area contributed by atoms with Crippen LogP contribution in [-0.4, -0.2) is 42.0 Å². The summed E-state index contributed by atoms with van der Waals surface area (Å²) >= 11 is 1.74. The summed E-state index contributed by atoms with van der Waals surface area (Å²) in [6.45, 7) is 7.82. The first kappa shape index (κ1) is 14.0. The van der Waals surface area contributed by atoms with Crippen molar-refractivity contribution >= 4 is 32.6 Å². The van der Waals surface area contributed by atoms with Gasteiger partial charge in [-0.15, -0.1) is 0 Å². The molecule has 2 aliphatic rings. The Bertz CT molecular complexity index is 727. The summed E-state index contributed by atoms with van der Waals surface area (Å²) in [6.07, 6.45) is 2.33. The fourth-order valence-corrected chi connectivity index (χ4v) is 4.38. The Balaban J connectivity index is 1.48. The Kier molecular flexibility index (Phi) is 3.33. The number of carbonyl (C=O) groups is 1. The third kappa shape index (κ3) is 2.19. The third-order valence-electron chi connectivity index (χ3n) is 4.99. The van der Waals surface area contributed by atoms with Gasteiger partial charge in [-0.1, -0.05) is 17.4 Å². The average Bonchev–Trinajstić information content (AvgIpc) is 3.10. The average molecular weight is 315 g/mol. The number of aryl methyl sites for hydroxylation is 2. The molecule has 3 heterocycles. The first-order valence-corrected chi connectivity index (χ1v) is 8.85. The van der Waals surface area contributed by atoms with Crippen molar-refractivity contribution in [3.8, 4) is 0 Å². The van der Waals surface area contributed by atoms with Crippen molar-refractivity contribution in [2.75, 3.05) is 31.1 Å². The number of amides is 1. The van der Waals surface area contributed by atoms with Crippen LogP contribution in [0.4, 0.5) is 5.13 Å². The van der Waals surface area contributed by atoms with E-state index in [1.165, 1.54) is 28.7 Å². The number of hydrogen-bond donors (Lipinski definition) is 0. The van der Waals surface area contributed by atoms with Crippen molar-refractivity contribution in [3.63, 3.8) is 0 Å². The van der Waals surface area contributed by atoms with E-state index in [1.54, 1.807) is 11.3 Å². The highest BCUT2D eigenvalue weighted by molar-refractivity contribution is 7.22. The standard InChI is InChI=1S/C17H21N3OS/c1-11-5-6-14-15(12(11)2)18-17(22-14)20-9-13(10-20)16(21)19-7-3-4-8-19/h5-6,13H,3-4,7-10H2,1-2H3. The summed E-state index contributed by atoms with van der Waals surface area (Å²) in [7, 11) is 0. The highest BCUT2D eigenvalue weighted by Gasteiger charge is 2.37. The van der Waals surface area contributed by atoms with Gasteiger partial charge in [0.25, 0.3) is 0 Å². The van der Waals surface area contributed by atoms with Gasteiger partial charge in [-0.25, -0.2) is 4.98 Å². The smallest absolute Gasteiger partial charge is 0.229 e. The summed E-state index contributed by atoms with van der Waals surface area (Å²) in [5, 5.41) is 1.06. The Morgan fingerprint density at radius 1 is 1.23 bits per heavy atom. The lowest BCUT2D eigenvalue weighted by atomic mass is 9.99. The molecule has 2 fully saturated rings. The Labute approximate surface area is 134 Å². The number of anilines is 1. The van der Waals surface area contributed by atoms with Crippen LogP contribution in [0.15, 0.2) is 12.1 Å². The van der Waals surface area contributed by atoms with E-state index in [4.69, 9.17) is 4.98 Å². The highest BCUT2D eigenvalue weighted by Crippen LogP contribution is 2.35. The first-order chi connectivity index (χ1) is 10.6. The molecule has 4 nitrogen and oxygen atoms in total. The van der Waals surface area contributed by atoms with Crippen molar-refractivity contribution in [1.29, 1.82) is 0 Å². The van der Waals surface area contributed by atoms with Gasteiger partial charge < -0.3 is 9.80 Å². The number of benzene rings is 1. The van der Waals surface area contributed by atoms with E-state index < -0.39 is 0 Å². The molecule has 116 valence electrons. The molecule has 0 unspecified atom stereocenters. The molecular formula is C17H21N3OS. The monoisotopic (exact) mass is 315 g/mol. The number of likely N-dealkylation sites (tertiary alicyclic amines) is 1. The minimum Gasteiger partial charge on any atom is -0.346 e. The number of thiazole rings is 1. The molecule has 1 amide bonds. The quantitative estimate of drug-likeness (QED) is 0.855. The minimum atomic E-state index is 0.174. The van der Waals surface area contributed by atoms with Gasteiger partial charge in [0.1, 0.15) is 0 Å². The number of carbonyl (C=O) groups excluding carboxylic acids is 1. The van der Waals surface area contributed by atoms with Gasteiger partial charge in [-0.2, -0.15) is 0 Å². The number of aromatic nitrogens is 1. The molecule has 0 atom stereocenters. The van der Waals surface area contributed by atoms with Gasteiger partial charge >= 0.3 is 0 Å². The first-order valence-electron chi connectivity index (χ1n) is 8.04. The summed E-state index contributed by atoms with van der Waals surface area (Å²) in [5.74, 6) is 0.523. The summed E-state index contributed by atoms with van der Waals surface area (Å²) < 4.78 is 1.24. The normalized spacial score (nSPS) is 19.0. The molecule has 0 radical (unpaired) electrons. The molecule has 2 aliphatic heterocycles. The molecule has 0 spiro atoms. The van der Waals surface area contributed by atoms with Crippen LogP contribution in [0, 0.1) is 19.8 Å². The molecule has 2 aromatic rings. The van der Waals surface area contributed by atoms with E-state index in [0.29, 0.717) is 5.91 Å². The second-order valence-corrected chi connectivity index (χ2v) is 7.49. The van der Waals surface area contributed by atoms with Crippen LogP contribution in [0.1, 0.15) is 24.0 Å². The molecule has 0 saturated carbocycles. The van der Waals surface area contributed by atoms with E-state index in [-0.39, 0.29) is 5.92 Å². The van der Waals surface area contributed by atoms with Crippen LogP contribution in [0.2, 0.25) is 0 Å². The molecule has 5 heteroatoms. The van der Waals surface area contributed by atoms with Crippen LogP contribution in [0.5, 0.6) is 0 Å². The van der Waals surface area contributed by atoms with Crippen LogP contribution in [0.25, 0.3) is 10.2 Å². The number of nitrogens with zero attached hydrogens (tertiary/aromatic N) is 3. The molecule has 1 aromatic heterocycles. The third-order valence-corrected chi connectivity index (χ3v) is 6.07. The maximum absolute atomic E-state index is 12.4. The van der Waals surface area contributed by atoms with E-state index in [9.17, 15) is 4.79 Å². The van der Waals surface area contributed by atoms with Gasteiger partial charge in [-0.05, 0) is 43.9 Å². The minimum absolute atomic E-state index is 0.174. The molecule has 0 bridgehead atoms. The largest absolute Gasteiger partial charge is 0.346 e. The summed E-state index contributed by atoms with van der Waals surface area (Å²) in [4.78, 5) is 21.4. The van der Waals surface area contributed by atoms with Crippen molar-refractivity contribution in [3.05, 3.63) is 23.3 Å². The van der Waals surface area contributed by atoms with E-state index in [1.807, 2.05) is 4.90 Å². The van der Waals surface area contributed by atoms with E-state index in [2.05, 4.69) is 30.9 Å². The Morgan fingerprint density at radius 2 is 1.95 bits per heavy atom. The maximum Gasteiger partial charge on any atom is 0.229 e. The second-order valence-electron chi connectivity index (χ2n) is 6.48. The zero-order chi connectivity index (χ0) is 15.3. The number of fused-ring (bicyclic) bond motifs is 1. The topological polar surface area (TPSA) is 36.4 Å². The molecular weight excluding hydrogens is 294 g/mol. The van der Waals surface area contributed by atoms with Gasteiger partial charge in [0.05, 0.1) is 16.1 Å². The predicted octanol–water partition coefficient (Wildman–Crippen LogP) is 2.97. The number of hydrogen-bond acceptors (Lipinski definition) is 4. The Morgan fingerprint density at radius 3 is 2.68 bits per heavy atom. The molecule has 22 heavy (non-hydrogen) atoms. The van der Waals surface area contributed by atoms with Crippen molar-refractivity contribution in [2.24, 2.45) is 5.92 Å². The SMILES string of the molecule is Cc1ccc2sc(N3CC(C(=O)N4CCCC4)C3)nc2c1C. The van der Waals surface area contributed by atoms with Crippen molar-refractivity contribution in [2.45, 2.75) is 26.7 Å². The lowest BCUT2D eigenvalue weighted by Crippen LogP contribution is -2.54. The van der Waals surface area contributed by atoms with Crippen LogP contribution < -0.4 is 4.90 Å².